The number of ether oxygens (including phenoxy) is 1. The zero-order valence-corrected chi connectivity index (χ0v) is 15.2. The quantitative estimate of drug-likeness (QED) is 0.392. The maximum Gasteiger partial charge on any atom is 0.282 e. The number of thiocarbonyl (C=S) groups is 1. The van der Waals surface area contributed by atoms with Crippen LogP contribution in [-0.2, 0) is 4.79 Å². The number of nitrogens with zero attached hydrogens (tertiary/aromatic N) is 1. The van der Waals surface area contributed by atoms with Crippen LogP contribution in [0.1, 0.15) is 10.4 Å². The molecule has 0 fully saturated rings. The minimum absolute atomic E-state index is 0.163. The van der Waals surface area contributed by atoms with E-state index < -0.39 is 16.7 Å². The number of carbonyl (C=O) groups excluding carboxylic acids is 2. The third kappa shape index (κ3) is 6.20. The first-order valence-corrected chi connectivity index (χ1v) is 8.17. The van der Waals surface area contributed by atoms with E-state index in [2.05, 4.69) is 16.2 Å². The van der Waals surface area contributed by atoms with E-state index in [1.54, 1.807) is 24.3 Å². The second-order valence-corrected chi connectivity index (χ2v) is 5.82. The minimum Gasteiger partial charge on any atom is -0.484 e. The molecular weight excluding hydrogens is 396 g/mol. The topological polar surface area (TPSA) is 123 Å². The molecule has 0 unspecified atom stereocenters. The van der Waals surface area contributed by atoms with Gasteiger partial charge in [-0.05, 0) is 42.5 Å². The molecule has 0 aliphatic carbocycles. The van der Waals surface area contributed by atoms with Crippen LogP contribution in [0.25, 0.3) is 0 Å². The van der Waals surface area contributed by atoms with Crippen molar-refractivity contribution < 1.29 is 19.2 Å². The van der Waals surface area contributed by atoms with Gasteiger partial charge in [0.15, 0.2) is 11.7 Å². The molecule has 140 valence electrons. The maximum atomic E-state index is 12.1. The van der Waals surface area contributed by atoms with Crippen molar-refractivity contribution in [2.45, 2.75) is 0 Å². The molecule has 2 amide bonds. The van der Waals surface area contributed by atoms with E-state index in [4.69, 9.17) is 28.6 Å². The van der Waals surface area contributed by atoms with Gasteiger partial charge in [0.05, 0.1) is 4.92 Å². The fourth-order valence-electron chi connectivity index (χ4n) is 1.87. The zero-order valence-electron chi connectivity index (χ0n) is 13.6. The van der Waals surface area contributed by atoms with E-state index in [0.29, 0.717) is 10.8 Å². The summed E-state index contributed by atoms with van der Waals surface area (Å²) in [6, 6.07) is 11.8. The predicted octanol–water partition coefficient (Wildman–Crippen LogP) is 1.96. The lowest BCUT2D eigenvalue weighted by Crippen LogP contribution is -2.49. The lowest BCUT2D eigenvalue weighted by atomic mass is 10.1. The highest BCUT2D eigenvalue weighted by atomic mass is 35.5. The molecule has 11 heteroatoms. The predicted molar refractivity (Wildman–Crippen MR) is 101 cm³/mol. The van der Waals surface area contributed by atoms with Gasteiger partial charge in [-0.15, -0.1) is 0 Å². The number of amides is 2. The minimum atomic E-state index is -0.786. The van der Waals surface area contributed by atoms with E-state index in [9.17, 15) is 19.7 Å². The van der Waals surface area contributed by atoms with Gasteiger partial charge < -0.3 is 4.74 Å². The molecule has 3 N–H and O–H groups in total. The Hall–Kier alpha value is -3.24. The van der Waals surface area contributed by atoms with Crippen LogP contribution >= 0.6 is 23.8 Å². The third-order valence-electron chi connectivity index (χ3n) is 3.07. The molecule has 9 nitrogen and oxygen atoms in total. The van der Waals surface area contributed by atoms with Crippen LogP contribution in [-0.4, -0.2) is 28.5 Å². The van der Waals surface area contributed by atoms with E-state index in [1.165, 1.54) is 24.3 Å². The molecule has 0 spiro atoms. The van der Waals surface area contributed by atoms with E-state index >= 15 is 0 Å². The highest BCUT2D eigenvalue weighted by Crippen LogP contribution is 2.17. The lowest BCUT2D eigenvalue weighted by molar-refractivity contribution is -0.385. The van der Waals surface area contributed by atoms with Gasteiger partial charge in [0.2, 0.25) is 0 Å². The Morgan fingerprint density at radius 3 is 2.44 bits per heavy atom. The number of nitro groups is 1. The second kappa shape index (κ2) is 9.46. The van der Waals surface area contributed by atoms with Gasteiger partial charge in [0.1, 0.15) is 11.3 Å². The number of nitro benzene ring substituents is 1. The number of rotatable bonds is 5. The average Bonchev–Trinajstić information content (AvgIpc) is 2.65. The number of nitrogens with one attached hydrogen (secondary N) is 3. The summed E-state index contributed by atoms with van der Waals surface area (Å²) in [5, 5.41) is 13.5. The summed E-state index contributed by atoms with van der Waals surface area (Å²) in [7, 11) is 0. The van der Waals surface area contributed by atoms with Gasteiger partial charge in [0, 0.05) is 11.1 Å². The van der Waals surface area contributed by atoms with Crippen LogP contribution in [0.15, 0.2) is 48.5 Å². The fraction of sp³-hybridized carbons (Fsp3) is 0.0625. The van der Waals surface area contributed by atoms with Crippen molar-refractivity contribution in [3.63, 3.8) is 0 Å². The lowest BCUT2D eigenvalue weighted by Gasteiger charge is -2.11. The molecule has 0 saturated heterocycles. The van der Waals surface area contributed by atoms with Crippen LogP contribution in [0.5, 0.6) is 5.75 Å². The van der Waals surface area contributed by atoms with Crippen molar-refractivity contribution in [1.29, 1.82) is 0 Å². The van der Waals surface area contributed by atoms with Crippen LogP contribution in [0.4, 0.5) is 5.69 Å². The normalized spacial score (nSPS) is 9.81. The van der Waals surface area contributed by atoms with Crippen molar-refractivity contribution >= 4 is 46.4 Å². The fourth-order valence-corrected chi connectivity index (χ4v) is 2.14. The molecule has 0 heterocycles. The van der Waals surface area contributed by atoms with Crippen LogP contribution in [0.2, 0.25) is 5.02 Å². The van der Waals surface area contributed by atoms with E-state index in [1.807, 2.05) is 0 Å². The third-order valence-corrected chi connectivity index (χ3v) is 3.53. The molecule has 0 aliphatic heterocycles. The highest BCUT2D eigenvalue weighted by molar-refractivity contribution is 7.80. The van der Waals surface area contributed by atoms with Crippen LogP contribution in [0, 0.1) is 10.1 Å². The molecule has 2 aromatic rings. The van der Waals surface area contributed by atoms with Crippen LogP contribution in [0.3, 0.4) is 0 Å². The van der Waals surface area contributed by atoms with Crippen molar-refractivity contribution in [1.82, 2.24) is 16.2 Å². The largest absolute Gasteiger partial charge is 0.484 e. The first-order valence-electron chi connectivity index (χ1n) is 7.39. The molecule has 0 aromatic heterocycles. The SMILES string of the molecule is O=C(COc1ccc(Cl)cc1)NNC(=S)NC(=O)c1ccccc1[N+](=O)[O-]. The second-order valence-electron chi connectivity index (χ2n) is 4.97. The van der Waals surface area contributed by atoms with Gasteiger partial charge in [0.25, 0.3) is 17.5 Å². The molecule has 0 atom stereocenters. The molecular formula is C16H13ClN4O5S. The maximum absolute atomic E-state index is 12.1. The number of para-hydroxylation sites is 1. The molecule has 0 saturated carbocycles. The summed E-state index contributed by atoms with van der Waals surface area (Å²) in [4.78, 5) is 34.0. The molecule has 2 rings (SSSR count). The smallest absolute Gasteiger partial charge is 0.282 e. The first kappa shape index (κ1) is 20.1. The van der Waals surface area contributed by atoms with Gasteiger partial charge in [-0.3, -0.25) is 35.9 Å². The summed E-state index contributed by atoms with van der Waals surface area (Å²) in [5.74, 6) is -0.902. The number of carbonyl (C=O) groups is 2. The summed E-state index contributed by atoms with van der Waals surface area (Å²) in [6.45, 7) is -0.310. The Morgan fingerprint density at radius 2 is 1.78 bits per heavy atom. The van der Waals surface area contributed by atoms with Crippen molar-refractivity contribution in [2.24, 2.45) is 0 Å². The van der Waals surface area contributed by atoms with E-state index in [0.717, 1.165) is 0 Å². The Labute approximate surface area is 163 Å². The molecule has 0 bridgehead atoms. The summed E-state index contributed by atoms with van der Waals surface area (Å²) < 4.78 is 5.23. The summed E-state index contributed by atoms with van der Waals surface area (Å²) >= 11 is 10.6. The Bertz CT molecular complexity index is 875. The van der Waals surface area contributed by atoms with Crippen molar-refractivity contribution in [3.8, 4) is 5.75 Å². The molecule has 2 aromatic carbocycles. The number of hydrogen-bond acceptors (Lipinski definition) is 6. The Kier molecular flexibility index (Phi) is 7.03. The van der Waals surface area contributed by atoms with E-state index in [-0.39, 0.29) is 23.0 Å². The number of benzene rings is 2. The standard InChI is InChI=1S/C16H13ClN4O5S/c17-10-5-7-11(8-6-10)26-9-14(22)19-20-16(27)18-15(23)12-3-1-2-4-13(12)21(24)25/h1-8H,9H2,(H,19,22)(H2,18,20,23,27). The molecule has 27 heavy (non-hydrogen) atoms. The highest BCUT2D eigenvalue weighted by Gasteiger charge is 2.19. The summed E-state index contributed by atoms with van der Waals surface area (Å²) in [5.41, 5.74) is 4.01. The van der Waals surface area contributed by atoms with Crippen molar-refractivity contribution in [3.05, 3.63) is 69.2 Å². The van der Waals surface area contributed by atoms with Gasteiger partial charge in [-0.2, -0.15) is 0 Å². The monoisotopic (exact) mass is 408 g/mol. The number of hydrazine groups is 1. The van der Waals surface area contributed by atoms with Gasteiger partial charge >= 0.3 is 0 Å². The molecule has 0 aliphatic rings. The molecule has 0 radical (unpaired) electrons. The average molecular weight is 409 g/mol. The van der Waals surface area contributed by atoms with Crippen LogP contribution < -0.4 is 20.9 Å². The Morgan fingerprint density at radius 1 is 1.11 bits per heavy atom. The Balaban J connectivity index is 1.80. The number of hydrogen-bond donors (Lipinski definition) is 3. The summed E-state index contributed by atoms with van der Waals surface area (Å²) in [6.07, 6.45) is 0. The number of halogens is 1. The zero-order chi connectivity index (χ0) is 19.8. The van der Waals surface area contributed by atoms with Gasteiger partial charge in [-0.1, -0.05) is 23.7 Å². The van der Waals surface area contributed by atoms with Gasteiger partial charge in [-0.25, -0.2) is 0 Å². The van der Waals surface area contributed by atoms with Crippen molar-refractivity contribution in [2.75, 3.05) is 6.61 Å². The first-order chi connectivity index (χ1) is 12.9.